The number of carbonyl (C=O) groups excluding carboxylic acids is 1. The number of thiol groups is 1. The quantitative estimate of drug-likeness (QED) is 0.330. The average molecular weight is 232 g/mol. The Balaban J connectivity index is 3.00. The highest BCUT2D eigenvalue weighted by atomic mass is 127. The minimum Gasteiger partial charge on any atom is -0.454 e. The first-order valence-electron chi connectivity index (χ1n) is 1.63. The lowest BCUT2D eigenvalue weighted by atomic mass is 10.8. The zero-order valence-corrected chi connectivity index (χ0v) is 6.61. The topological polar surface area (TPSA) is 26.3 Å². The van der Waals surface area contributed by atoms with Gasteiger partial charge in [-0.25, -0.2) is 0 Å². The van der Waals surface area contributed by atoms with E-state index in [1.54, 1.807) is 0 Å². The summed E-state index contributed by atoms with van der Waals surface area (Å²) in [5.41, 5.74) is 0. The molecule has 42 valence electrons. The van der Waals surface area contributed by atoms with E-state index < -0.39 is 0 Å². The first-order valence-corrected chi connectivity index (χ1v) is 3.79. The van der Waals surface area contributed by atoms with Crippen molar-refractivity contribution in [2.75, 3.05) is 10.4 Å². The molecule has 0 aliphatic heterocycles. The van der Waals surface area contributed by atoms with E-state index in [1.165, 1.54) is 0 Å². The van der Waals surface area contributed by atoms with Crippen LogP contribution in [-0.2, 0) is 9.53 Å². The van der Waals surface area contributed by atoms with E-state index >= 15 is 0 Å². The van der Waals surface area contributed by atoms with Gasteiger partial charge in [0.1, 0.15) is 4.61 Å². The third kappa shape index (κ3) is 4.40. The third-order valence-electron chi connectivity index (χ3n) is 0.345. The van der Waals surface area contributed by atoms with E-state index in [0.29, 0.717) is 4.61 Å². The monoisotopic (exact) mass is 232 g/mol. The lowest BCUT2D eigenvalue weighted by Crippen LogP contribution is -2.02. The van der Waals surface area contributed by atoms with E-state index in [-0.39, 0.29) is 11.7 Å². The Hall–Kier alpha value is 0.550. The fourth-order valence-electron chi connectivity index (χ4n) is 0.106. The maximum atomic E-state index is 10.1. The van der Waals surface area contributed by atoms with Gasteiger partial charge in [-0.15, -0.1) is 0 Å². The molecular weight excluding hydrogens is 227 g/mol. The molecular formula is C3H5IO2S. The molecule has 0 aliphatic rings. The molecule has 0 rings (SSSR count). The number of esters is 1. The maximum absolute atomic E-state index is 10.1. The second-order valence-corrected chi connectivity index (χ2v) is 1.72. The predicted octanol–water partition coefficient (Wildman–Crippen LogP) is 0.852. The average Bonchev–Trinajstić information content (AvgIpc) is 1.68. The highest BCUT2D eigenvalue weighted by molar-refractivity contribution is 14.1. The Morgan fingerprint density at radius 1 is 1.86 bits per heavy atom. The van der Waals surface area contributed by atoms with Crippen molar-refractivity contribution in [3.05, 3.63) is 0 Å². The maximum Gasteiger partial charge on any atom is 0.316 e. The van der Waals surface area contributed by atoms with E-state index in [4.69, 9.17) is 0 Å². The zero-order chi connectivity index (χ0) is 5.70. The first kappa shape index (κ1) is 7.55. The van der Waals surface area contributed by atoms with Crippen molar-refractivity contribution < 1.29 is 9.53 Å². The number of rotatable bonds is 2. The van der Waals surface area contributed by atoms with Crippen molar-refractivity contribution in [1.29, 1.82) is 0 Å². The zero-order valence-electron chi connectivity index (χ0n) is 3.56. The molecule has 4 heteroatoms. The molecule has 0 bridgehead atoms. The number of alkyl halides is 1. The van der Waals surface area contributed by atoms with Crippen molar-refractivity contribution in [2.24, 2.45) is 0 Å². The van der Waals surface area contributed by atoms with E-state index in [9.17, 15) is 4.79 Å². The van der Waals surface area contributed by atoms with Crippen molar-refractivity contribution in [3.8, 4) is 0 Å². The summed E-state index contributed by atoms with van der Waals surface area (Å²) in [6.07, 6.45) is 0. The van der Waals surface area contributed by atoms with Gasteiger partial charge in [-0.2, -0.15) is 12.6 Å². The van der Waals surface area contributed by atoms with Crippen LogP contribution in [0, 0.1) is 0 Å². The summed E-state index contributed by atoms with van der Waals surface area (Å²) in [5.74, 6) is -0.0963. The van der Waals surface area contributed by atoms with Gasteiger partial charge in [0.2, 0.25) is 0 Å². The van der Waals surface area contributed by atoms with Gasteiger partial charge in [0.05, 0.1) is 5.75 Å². The molecule has 0 aliphatic carbocycles. The van der Waals surface area contributed by atoms with Crippen LogP contribution in [0.2, 0.25) is 0 Å². The Morgan fingerprint density at radius 3 is 2.57 bits per heavy atom. The highest BCUT2D eigenvalue weighted by Crippen LogP contribution is 1.86. The number of hydrogen-bond donors (Lipinski definition) is 1. The second-order valence-electron chi connectivity index (χ2n) is 0.784. The number of carbonyl (C=O) groups is 1. The van der Waals surface area contributed by atoms with Gasteiger partial charge in [-0.3, -0.25) is 4.79 Å². The SMILES string of the molecule is O=C(CS)OCI. The Morgan fingerprint density at radius 2 is 2.43 bits per heavy atom. The lowest BCUT2D eigenvalue weighted by Gasteiger charge is -1.92. The van der Waals surface area contributed by atoms with Crippen molar-refractivity contribution >= 4 is 41.2 Å². The van der Waals surface area contributed by atoms with Crippen molar-refractivity contribution in [3.63, 3.8) is 0 Å². The third-order valence-corrected chi connectivity index (χ3v) is 0.914. The molecule has 7 heavy (non-hydrogen) atoms. The summed E-state index contributed by atoms with van der Waals surface area (Å²) < 4.78 is 4.88. The fourth-order valence-corrected chi connectivity index (χ4v) is 0.545. The van der Waals surface area contributed by atoms with Gasteiger partial charge < -0.3 is 4.74 Å². The number of hydrogen-bond acceptors (Lipinski definition) is 3. The summed E-state index contributed by atoms with van der Waals surface area (Å²) in [4.78, 5) is 10.1. The van der Waals surface area contributed by atoms with Crippen LogP contribution in [0.25, 0.3) is 0 Å². The number of ether oxygens (including phenoxy) is 1. The van der Waals surface area contributed by atoms with Crippen LogP contribution >= 0.6 is 35.2 Å². The summed E-state index contributed by atoms with van der Waals surface area (Å²) >= 11 is 5.62. The van der Waals surface area contributed by atoms with E-state index in [1.807, 2.05) is 22.6 Å². The molecule has 0 radical (unpaired) electrons. The molecule has 0 heterocycles. The van der Waals surface area contributed by atoms with Crippen LogP contribution in [0.5, 0.6) is 0 Å². The smallest absolute Gasteiger partial charge is 0.316 e. The molecule has 0 aromatic carbocycles. The van der Waals surface area contributed by atoms with E-state index in [2.05, 4.69) is 17.4 Å². The molecule has 0 aromatic heterocycles. The predicted molar refractivity (Wildman–Crippen MR) is 38.8 cm³/mol. The lowest BCUT2D eigenvalue weighted by molar-refractivity contribution is -0.137. The van der Waals surface area contributed by atoms with Gasteiger partial charge in [0.15, 0.2) is 0 Å². The van der Waals surface area contributed by atoms with Crippen LogP contribution in [-0.4, -0.2) is 16.3 Å². The summed E-state index contributed by atoms with van der Waals surface area (Å²) in [6, 6.07) is 0. The fraction of sp³-hybridized carbons (Fsp3) is 0.667. The van der Waals surface area contributed by atoms with Crippen molar-refractivity contribution in [1.82, 2.24) is 0 Å². The standard InChI is InChI=1S/C3H5IO2S/c4-2-6-3(5)1-7/h7H,1-2H2. The molecule has 2 nitrogen and oxygen atoms in total. The molecule has 0 fully saturated rings. The minimum absolute atomic E-state index is 0.170. The Kier molecular flexibility index (Phi) is 5.07. The highest BCUT2D eigenvalue weighted by Gasteiger charge is 1.92. The normalized spacial score (nSPS) is 8.29. The van der Waals surface area contributed by atoms with Crippen LogP contribution in [0.1, 0.15) is 0 Å². The molecule has 0 unspecified atom stereocenters. The molecule has 0 amide bonds. The first-order chi connectivity index (χ1) is 3.31. The van der Waals surface area contributed by atoms with Crippen LogP contribution in [0.4, 0.5) is 0 Å². The second kappa shape index (κ2) is 4.70. The van der Waals surface area contributed by atoms with Gasteiger partial charge in [0.25, 0.3) is 0 Å². The summed E-state index contributed by atoms with van der Waals surface area (Å²) in [5, 5.41) is 0. The van der Waals surface area contributed by atoms with Gasteiger partial charge in [-0.1, -0.05) is 0 Å². The summed E-state index contributed by atoms with van der Waals surface area (Å²) in [7, 11) is 0. The molecule has 0 saturated heterocycles. The number of halogens is 1. The van der Waals surface area contributed by atoms with Gasteiger partial charge >= 0.3 is 5.97 Å². The van der Waals surface area contributed by atoms with Crippen LogP contribution < -0.4 is 0 Å². The van der Waals surface area contributed by atoms with Gasteiger partial charge in [0, 0.05) is 0 Å². The van der Waals surface area contributed by atoms with E-state index in [0.717, 1.165) is 0 Å². The molecule has 0 saturated carbocycles. The molecule has 0 spiro atoms. The summed E-state index contributed by atoms with van der Waals surface area (Å²) in [6.45, 7) is 0. The van der Waals surface area contributed by atoms with Gasteiger partial charge in [-0.05, 0) is 22.6 Å². The molecule has 0 aromatic rings. The largest absolute Gasteiger partial charge is 0.454 e. The Labute approximate surface area is 61.2 Å². The van der Waals surface area contributed by atoms with Crippen molar-refractivity contribution in [2.45, 2.75) is 0 Å². The molecule has 0 N–H and O–H groups in total. The van der Waals surface area contributed by atoms with Crippen LogP contribution in [0.15, 0.2) is 0 Å². The van der Waals surface area contributed by atoms with Crippen LogP contribution in [0.3, 0.4) is 0 Å². The minimum atomic E-state index is -0.266. The Bertz CT molecular complexity index is 66.0. The molecule has 0 atom stereocenters.